The first kappa shape index (κ1) is 32.9. The van der Waals surface area contributed by atoms with Crippen LogP contribution in [-0.4, -0.2) is 45.5 Å². The third kappa shape index (κ3) is 6.89. The molecule has 0 radical (unpaired) electrons. The Morgan fingerprint density at radius 3 is 2.51 bits per heavy atom. The Morgan fingerprint density at radius 2 is 1.82 bits per heavy atom. The fraction of sp³-hybridized carbons (Fsp3) is 0.281. The molecule has 1 aliphatic rings. The number of carbonyl (C=O) groups is 2. The quantitative estimate of drug-likeness (QED) is 0.182. The minimum absolute atomic E-state index is 0.149. The van der Waals surface area contributed by atoms with Gasteiger partial charge in [-0.2, -0.15) is 0 Å². The predicted octanol–water partition coefficient (Wildman–Crippen LogP) is 6.07. The molecule has 13 heteroatoms. The van der Waals surface area contributed by atoms with E-state index in [0.717, 1.165) is 8.04 Å². The van der Waals surface area contributed by atoms with Crippen molar-refractivity contribution in [2.24, 2.45) is 0 Å². The number of carbonyl (C=O) groups excluding carboxylic acids is 2. The summed E-state index contributed by atoms with van der Waals surface area (Å²) >= 11 is 5.59. The van der Waals surface area contributed by atoms with Crippen LogP contribution in [0.25, 0.3) is 10.9 Å². The SMILES string of the molecule is CCOc1c2c(c(OCC)c3ncc(Br)cc13)CN(c1ccc(CS(=O)(=O)NC(=O)Cc3cc(I)ccc3OC)cc1C)C2=O. The molecule has 2 amide bonds. The summed E-state index contributed by atoms with van der Waals surface area (Å²) in [5, 5.41) is 0.670. The molecule has 3 aromatic carbocycles. The third-order valence-corrected chi connectivity index (χ3v) is 9.60. The fourth-order valence-electron chi connectivity index (χ4n) is 5.49. The number of anilines is 1. The van der Waals surface area contributed by atoms with Crippen LogP contribution >= 0.6 is 38.5 Å². The summed E-state index contributed by atoms with van der Waals surface area (Å²) in [6.07, 6.45) is 1.53. The fourth-order valence-corrected chi connectivity index (χ4v) is 7.48. The van der Waals surface area contributed by atoms with Crippen molar-refractivity contribution in [3.8, 4) is 17.2 Å². The number of ether oxygens (including phenoxy) is 3. The first-order valence-corrected chi connectivity index (χ1v) is 17.7. The Morgan fingerprint density at radius 1 is 1.09 bits per heavy atom. The number of aryl methyl sites for hydroxylation is 1. The molecular formula is C32H31BrIN3O7S. The topological polar surface area (TPSA) is 124 Å². The number of methoxy groups -OCH3 is 1. The highest BCUT2D eigenvalue weighted by Gasteiger charge is 2.38. The van der Waals surface area contributed by atoms with Gasteiger partial charge >= 0.3 is 0 Å². The van der Waals surface area contributed by atoms with E-state index in [1.807, 2.05) is 32.9 Å². The average Bonchev–Trinajstić information content (AvgIpc) is 3.30. The standard InChI is InChI=1S/C32H31BrIN3O7S/c1-5-43-30-23-14-21(33)15-35-29(23)31(44-6-2)24-16-37(32(39)28(24)30)25-9-7-19(11-18(25)3)17-45(40,41)36-27(38)13-20-12-22(34)8-10-26(20)42-4/h7-12,14-15H,5-6,13,16-17H2,1-4H3,(H,36,38). The maximum Gasteiger partial charge on any atom is 0.262 e. The lowest BCUT2D eigenvalue weighted by Gasteiger charge is -2.19. The zero-order valence-electron chi connectivity index (χ0n) is 25.1. The lowest BCUT2D eigenvalue weighted by Crippen LogP contribution is -2.33. The first-order valence-electron chi connectivity index (χ1n) is 14.1. The van der Waals surface area contributed by atoms with Crippen molar-refractivity contribution in [1.29, 1.82) is 0 Å². The number of amides is 2. The number of benzene rings is 3. The Balaban J connectivity index is 1.40. The van der Waals surface area contributed by atoms with Gasteiger partial charge in [-0.25, -0.2) is 8.42 Å². The van der Waals surface area contributed by atoms with Crippen molar-refractivity contribution in [3.63, 3.8) is 0 Å². The number of nitrogens with zero attached hydrogens (tertiary/aromatic N) is 2. The van der Waals surface area contributed by atoms with Crippen molar-refractivity contribution in [2.45, 2.75) is 39.5 Å². The maximum absolute atomic E-state index is 14.0. The number of halogens is 2. The molecule has 0 saturated carbocycles. The van der Waals surface area contributed by atoms with Crippen LogP contribution in [-0.2, 0) is 33.5 Å². The van der Waals surface area contributed by atoms with E-state index in [1.54, 1.807) is 41.4 Å². The molecule has 0 atom stereocenters. The normalized spacial score (nSPS) is 12.8. The molecule has 0 bridgehead atoms. The summed E-state index contributed by atoms with van der Waals surface area (Å²) in [5.41, 5.74) is 4.09. The molecule has 236 valence electrons. The largest absolute Gasteiger partial charge is 0.496 e. The number of rotatable bonds is 11. The van der Waals surface area contributed by atoms with Gasteiger partial charge in [-0.15, -0.1) is 0 Å². The van der Waals surface area contributed by atoms with Crippen molar-refractivity contribution in [2.75, 3.05) is 25.2 Å². The van der Waals surface area contributed by atoms with Crippen LogP contribution in [0.5, 0.6) is 17.2 Å². The van der Waals surface area contributed by atoms with Crippen molar-refractivity contribution >= 4 is 76.9 Å². The molecule has 0 spiro atoms. The number of hydrogen-bond donors (Lipinski definition) is 1. The van der Waals surface area contributed by atoms with Crippen molar-refractivity contribution in [1.82, 2.24) is 9.71 Å². The van der Waals surface area contributed by atoms with E-state index in [1.165, 1.54) is 7.11 Å². The van der Waals surface area contributed by atoms with Crippen LogP contribution in [0, 0.1) is 10.5 Å². The second kappa shape index (κ2) is 13.5. The van der Waals surface area contributed by atoms with Gasteiger partial charge in [0.1, 0.15) is 17.0 Å². The van der Waals surface area contributed by atoms with E-state index >= 15 is 0 Å². The summed E-state index contributed by atoms with van der Waals surface area (Å²) in [4.78, 5) is 32.9. The maximum atomic E-state index is 14.0. The van der Waals surface area contributed by atoms with Crippen LogP contribution in [0.15, 0.2) is 53.1 Å². The molecule has 1 N–H and O–H groups in total. The smallest absolute Gasteiger partial charge is 0.262 e. The zero-order chi connectivity index (χ0) is 32.5. The molecule has 2 heterocycles. The molecule has 0 saturated heterocycles. The van der Waals surface area contributed by atoms with Gasteiger partial charge in [-0.05, 0) is 101 Å². The van der Waals surface area contributed by atoms with Gasteiger partial charge in [0.2, 0.25) is 15.9 Å². The summed E-state index contributed by atoms with van der Waals surface area (Å²) in [5.74, 6) is 0.171. The number of fused-ring (bicyclic) bond motifs is 2. The van der Waals surface area contributed by atoms with Gasteiger partial charge in [0.25, 0.3) is 5.91 Å². The van der Waals surface area contributed by atoms with Crippen LogP contribution in [0.1, 0.15) is 46.5 Å². The predicted molar refractivity (Wildman–Crippen MR) is 184 cm³/mol. The summed E-state index contributed by atoms with van der Waals surface area (Å²) in [6.45, 7) is 6.51. The molecule has 45 heavy (non-hydrogen) atoms. The van der Waals surface area contributed by atoms with Crippen molar-refractivity contribution in [3.05, 3.63) is 84.5 Å². The van der Waals surface area contributed by atoms with Gasteiger partial charge in [-0.1, -0.05) is 12.1 Å². The van der Waals surface area contributed by atoms with Crippen LogP contribution in [0.3, 0.4) is 0 Å². The highest BCUT2D eigenvalue weighted by atomic mass is 127. The minimum Gasteiger partial charge on any atom is -0.496 e. The lowest BCUT2D eigenvalue weighted by molar-refractivity contribution is -0.118. The zero-order valence-corrected chi connectivity index (χ0v) is 29.6. The Kier molecular flexibility index (Phi) is 9.89. The lowest BCUT2D eigenvalue weighted by atomic mass is 10.0. The van der Waals surface area contributed by atoms with E-state index < -0.39 is 21.7 Å². The molecule has 0 aliphatic carbocycles. The monoisotopic (exact) mass is 807 g/mol. The Hall–Kier alpha value is -3.43. The highest BCUT2D eigenvalue weighted by Crippen LogP contribution is 2.46. The Labute approximate surface area is 283 Å². The first-order chi connectivity index (χ1) is 21.5. The minimum atomic E-state index is -4.00. The van der Waals surface area contributed by atoms with E-state index in [4.69, 9.17) is 14.2 Å². The number of aromatic nitrogens is 1. The van der Waals surface area contributed by atoms with Crippen LogP contribution in [0.2, 0.25) is 0 Å². The second-order valence-electron chi connectivity index (χ2n) is 10.4. The number of hydrogen-bond acceptors (Lipinski definition) is 8. The van der Waals surface area contributed by atoms with Gasteiger partial charge in [0.05, 0.1) is 44.6 Å². The Bertz CT molecular complexity index is 1930. The van der Waals surface area contributed by atoms with Gasteiger partial charge in [0.15, 0.2) is 5.75 Å². The van der Waals surface area contributed by atoms with Gasteiger partial charge < -0.3 is 19.1 Å². The van der Waals surface area contributed by atoms with E-state index in [2.05, 4.69) is 48.2 Å². The van der Waals surface area contributed by atoms with E-state index in [9.17, 15) is 18.0 Å². The second-order valence-corrected chi connectivity index (χ2v) is 14.2. The molecular weight excluding hydrogens is 777 g/mol. The van der Waals surface area contributed by atoms with Crippen LogP contribution in [0.4, 0.5) is 5.69 Å². The molecule has 10 nitrogen and oxygen atoms in total. The number of nitrogens with one attached hydrogen (secondary N) is 1. The molecule has 1 aliphatic heterocycles. The number of pyridine rings is 1. The van der Waals surface area contributed by atoms with Gasteiger partial charge in [0, 0.05) is 36.4 Å². The summed E-state index contributed by atoms with van der Waals surface area (Å²) < 4.78 is 47.1. The van der Waals surface area contributed by atoms with E-state index in [0.29, 0.717) is 74.9 Å². The van der Waals surface area contributed by atoms with Crippen LogP contribution < -0.4 is 23.8 Å². The third-order valence-electron chi connectivity index (χ3n) is 7.24. The summed E-state index contributed by atoms with van der Waals surface area (Å²) in [6, 6.07) is 12.3. The molecule has 1 aromatic heterocycles. The molecule has 0 fully saturated rings. The molecule has 0 unspecified atom stereocenters. The number of sulfonamides is 1. The summed E-state index contributed by atoms with van der Waals surface area (Å²) in [7, 11) is -2.51. The average molecular weight is 808 g/mol. The van der Waals surface area contributed by atoms with E-state index in [-0.39, 0.29) is 18.9 Å². The highest BCUT2D eigenvalue weighted by molar-refractivity contribution is 14.1. The van der Waals surface area contributed by atoms with Gasteiger partial charge in [-0.3, -0.25) is 19.3 Å². The van der Waals surface area contributed by atoms with Crippen molar-refractivity contribution < 1.29 is 32.2 Å². The molecule has 5 rings (SSSR count). The molecule has 4 aromatic rings.